The molecular formula is C10H9ClO3S. The second-order valence-electron chi connectivity index (χ2n) is 2.79. The largest absolute Gasteiger partial charge is 0.478 e. The van der Waals surface area contributed by atoms with Gasteiger partial charge in [0.1, 0.15) is 0 Å². The van der Waals surface area contributed by atoms with Gasteiger partial charge < -0.3 is 5.11 Å². The predicted octanol–water partition coefficient (Wildman–Crippen LogP) is 2.19. The minimum atomic E-state index is -1.30. The maximum atomic E-state index is 11.3. The second kappa shape index (κ2) is 5.68. The Hall–Kier alpha value is -1.13. The fourth-order valence-corrected chi connectivity index (χ4v) is 1.94. The Balaban J connectivity index is 2.59. The van der Waals surface area contributed by atoms with Crippen LogP contribution in [-0.4, -0.2) is 15.3 Å². The molecule has 0 aromatic heterocycles. The normalized spacial score (nSPS) is 12.9. The maximum Gasteiger partial charge on any atom is 0.328 e. The lowest BCUT2D eigenvalue weighted by molar-refractivity contribution is -0.131. The van der Waals surface area contributed by atoms with Crippen LogP contribution in [0.1, 0.15) is 5.56 Å². The summed E-state index contributed by atoms with van der Waals surface area (Å²) in [6, 6.07) is 6.92. The van der Waals surface area contributed by atoms with Crippen LogP contribution >= 0.6 is 11.6 Å². The highest BCUT2D eigenvalue weighted by atomic mass is 35.5. The molecule has 0 saturated carbocycles. The summed E-state index contributed by atoms with van der Waals surface area (Å²) in [5.74, 6) is -0.805. The molecule has 3 nitrogen and oxygen atoms in total. The average Bonchev–Trinajstić information content (AvgIpc) is 2.19. The van der Waals surface area contributed by atoms with Crippen LogP contribution < -0.4 is 0 Å². The monoisotopic (exact) mass is 244 g/mol. The van der Waals surface area contributed by atoms with E-state index in [0.717, 1.165) is 17.0 Å². The number of benzene rings is 1. The standard InChI is InChI=1S/C10H9ClO3S/c11-9-3-1-8(2-4-9)7-15(14)6-5-10(12)13/h1-6H,7H2,(H,12,13)/b6-5+. The van der Waals surface area contributed by atoms with E-state index >= 15 is 0 Å². The van der Waals surface area contributed by atoms with E-state index in [2.05, 4.69) is 0 Å². The molecule has 1 unspecified atom stereocenters. The summed E-state index contributed by atoms with van der Waals surface area (Å²) in [6.45, 7) is 0. The Labute approximate surface area is 94.8 Å². The molecule has 0 amide bonds. The van der Waals surface area contributed by atoms with Crippen LogP contribution in [0.4, 0.5) is 0 Å². The molecule has 0 aliphatic rings. The summed E-state index contributed by atoms with van der Waals surface area (Å²) >= 11 is 5.68. The van der Waals surface area contributed by atoms with Gasteiger partial charge >= 0.3 is 5.97 Å². The lowest BCUT2D eigenvalue weighted by Gasteiger charge is -1.97. The van der Waals surface area contributed by atoms with Crippen molar-refractivity contribution in [3.8, 4) is 0 Å². The van der Waals surface area contributed by atoms with E-state index in [1.165, 1.54) is 0 Å². The van der Waals surface area contributed by atoms with E-state index in [0.29, 0.717) is 10.8 Å². The summed E-state index contributed by atoms with van der Waals surface area (Å²) in [5.41, 5.74) is 0.854. The third-order valence-corrected chi connectivity index (χ3v) is 2.89. The van der Waals surface area contributed by atoms with Crippen molar-refractivity contribution in [1.82, 2.24) is 0 Å². The van der Waals surface area contributed by atoms with Crippen LogP contribution in [-0.2, 0) is 21.3 Å². The summed E-state index contributed by atoms with van der Waals surface area (Å²) in [7, 11) is -1.30. The van der Waals surface area contributed by atoms with Crippen molar-refractivity contribution in [1.29, 1.82) is 0 Å². The van der Waals surface area contributed by atoms with Gasteiger partial charge in [0, 0.05) is 16.5 Å². The fourth-order valence-electron chi connectivity index (χ4n) is 0.927. The zero-order valence-corrected chi connectivity index (χ0v) is 9.29. The molecule has 1 N–H and O–H groups in total. The number of hydrogen-bond donors (Lipinski definition) is 1. The molecule has 1 rings (SSSR count). The number of rotatable bonds is 4. The predicted molar refractivity (Wildman–Crippen MR) is 60.1 cm³/mol. The van der Waals surface area contributed by atoms with Crippen LogP contribution in [0.25, 0.3) is 0 Å². The van der Waals surface area contributed by atoms with E-state index in [-0.39, 0.29) is 0 Å². The van der Waals surface area contributed by atoms with E-state index in [4.69, 9.17) is 16.7 Å². The Kier molecular flexibility index (Phi) is 4.52. The summed E-state index contributed by atoms with van der Waals surface area (Å²) in [5, 5.41) is 10.1. The summed E-state index contributed by atoms with van der Waals surface area (Å²) in [6.07, 6.45) is 0.881. The molecule has 0 radical (unpaired) electrons. The number of aliphatic carboxylic acids is 1. The van der Waals surface area contributed by atoms with Gasteiger partial charge in [-0.1, -0.05) is 23.7 Å². The number of carbonyl (C=O) groups is 1. The Morgan fingerprint density at radius 1 is 1.40 bits per heavy atom. The van der Waals surface area contributed by atoms with Crippen molar-refractivity contribution in [2.24, 2.45) is 0 Å². The summed E-state index contributed by atoms with van der Waals surface area (Å²) < 4.78 is 11.3. The van der Waals surface area contributed by atoms with Gasteiger partial charge in [-0.3, -0.25) is 4.21 Å². The van der Waals surface area contributed by atoms with Crippen molar-refractivity contribution in [3.63, 3.8) is 0 Å². The first-order valence-corrected chi connectivity index (χ1v) is 5.86. The van der Waals surface area contributed by atoms with Gasteiger partial charge in [-0.25, -0.2) is 4.79 Å². The number of halogens is 1. The molecule has 1 atom stereocenters. The lowest BCUT2D eigenvalue weighted by atomic mass is 10.2. The molecule has 0 saturated heterocycles. The summed E-state index contributed by atoms with van der Waals surface area (Å²) in [4.78, 5) is 10.2. The van der Waals surface area contributed by atoms with E-state index in [1.807, 2.05) is 0 Å². The molecule has 0 fully saturated rings. The fraction of sp³-hybridized carbons (Fsp3) is 0.100. The molecule has 0 bridgehead atoms. The first kappa shape index (κ1) is 11.9. The van der Waals surface area contributed by atoms with Gasteiger partial charge in [0.25, 0.3) is 0 Å². The average molecular weight is 245 g/mol. The number of carboxylic acid groups (broad SMARTS) is 1. The van der Waals surface area contributed by atoms with Crippen LogP contribution in [0.15, 0.2) is 35.7 Å². The molecular weight excluding hydrogens is 236 g/mol. The third-order valence-electron chi connectivity index (χ3n) is 1.58. The Bertz CT molecular complexity index is 398. The zero-order chi connectivity index (χ0) is 11.3. The van der Waals surface area contributed by atoms with E-state index in [9.17, 15) is 9.00 Å². The van der Waals surface area contributed by atoms with Crippen LogP contribution in [0, 0.1) is 0 Å². The van der Waals surface area contributed by atoms with Crippen molar-refractivity contribution in [3.05, 3.63) is 46.3 Å². The van der Waals surface area contributed by atoms with Gasteiger partial charge in [-0.2, -0.15) is 0 Å². The van der Waals surface area contributed by atoms with Crippen molar-refractivity contribution in [2.75, 3.05) is 0 Å². The molecule has 15 heavy (non-hydrogen) atoms. The Morgan fingerprint density at radius 2 is 2.00 bits per heavy atom. The van der Waals surface area contributed by atoms with Crippen LogP contribution in [0.2, 0.25) is 5.02 Å². The molecule has 80 valence electrons. The second-order valence-corrected chi connectivity index (χ2v) is 4.55. The molecule has 1 aromatic carbocycles. The van der Waals surface area contributed by atoms with Crippen molar-refractivity contribution in [2.45, 2.75) is 5.75 Å². The third kappa shape index (κ3) is 4.76. The van der Waals surface area contributed by atoms with E-state index < -0.39 is 16.8 Å². The highest BCUT2D eigenvalue weighted by Crippen LogP contribution is 2.11. The van der Waals surface area contributed by atoms with Gasteiger partial charge in [-0.15, -0.1) is 0 Å². The molecule has 0 aliphatic carbocycles. The maximum absolute atomic E-state index is 11.3. The topological polar surface area (TPSA) is 54.4 Å². The highest BCUT2D eigenvalue weighted by molar-refractivity contribution is 7.87. The minimum absolute atomic E-state index is 0.293. The lowest BCUT2D eigenvalue weighted by Crippen LogP contribution is -1.93. The quantitative estimate of drug-likeness (QED) is 0.826. The van der Waals surface area contributed by atoms with Crippen molar-refractivity contribution < 1.29 is 14.1 Å². The SMILES string of the molecule is O=C(O)/C=C/S(=O)Cc1ccc(Cl)cc1. The van der Waals surface area contributed by atoms with Crippen LogP contribution in [0.3, 0.4) is 0 Å². The smallest absolute Gasteiger partial charge is 0.328 e. The van der Waals surface area contributed by atoms with Crippen molar-refractivity contribution >= 4 is 28.4 Å². The number of hydrogen-bond acceptors (Lipinski definition) is 2. The van der Waals surface area contributed by atoms with Gasteiger partial charge in [0.05, 0.1) is 16.6 Å². The molecule has 1 aromatic rings. The molecule has 0 spiro atoms. The first-order valence-electron chi connectivity index (χ1n) is 4.10. The van der Waals surface area contributed by atoms with Gasteiger partial charge in [0.2, 0.25) is 0 Å². The molecule has 5 heteroatoms. The van der Waals surface area contributed by atoms with Gasteiger partial charge in [-0.05, 0) is 17.7 Å². The highest BCUT2D eigenvalue weighted by Gasteiger charge is 1.98. The molecule has 0 heterocycles. The molecule has 0 aliphatic heterocycles. The number of carboxylic acids is 1. The zero-order valence-electron chi connectivity index (χ0n) is 7.72. The van der Waals surface area contributed by atoms with Crippen LogP contribution in [0.5, 0.6) is 0 Å². The van der Waals surface area contributed by atoms with E-state index in [1.54, 1.807) is 24.3 Å². The van der Waals surface area contributed by atoms with Gasteiger partial charge in [0.15, 0.2) is 0 Å². The Morgan fingerprint density at radius 3 is 2.53 bits per heavy atom. The first-order chi connectivity index (χ1) is 7.08. The minimum Gasteiger partial charge on any atom is -0.478 e.